The average molecular weight is 266 g/mol. The van der Waals surface area contributed by atoms with Gasteiger partial charge in [0.1, 0.15) is 0 Å². The van der Waals surface area contributed by atoms with Crippen molar-refractivity contribution < 1.29 is 14.7 Å². The second-order valence-electron chi connectivity index (χ2n) is 6.37. The summed E-state index contributed by atoms with van der Waals surface area (Å²) >= 11 is 0. The number of rotatable bonds is 7. The molecule has 0 aliphatic heterocycles. The summed E-state index contributed by atoms with van der Waals surface area (Å²) in [6.07, 6.45) is 6.38. The van der Waals surface area contributed by atoms with Crippen LogP contribution in [0.3, 0.4) is 0 Å². The molecule has 3 rings (SSSR count). The molecule has 0 aromatic carbocycles. The molecule has 3 saturated carbocycles. The van der Waals surface area contributed by atoms with Crippen molar-refractivity contribution in [3.05, 3.63) is 0 Å². The fourth-order valence-electron chi connectivity index (χ4n) is 2.82. The number of aliphatic carboxylic acids is 1. The van der Waals surface area contributed by atoms with Gasteiger partial charge in [0.2, 0.25) is 5.91 Å². The number of hydrogen-bond donors (Lipinski definition) is 2. The minimum Gasteiger partial charge on any atom is -0.480 e. The van der Waals surface area contributed by atoms with Crippen LogP contribution in [0.25, 0.3) is 0 Å². The Balaban J connectivity index is 1.43. The molecule has 3 aliphatic carbocycles. The molecule has 5 nitrogen and oxygen atoms in total. The lowest BCUT2D eigenvalue weighted by molar-refractivity contribution is -0.140. The maximum absolute atomic E-state index is 11.6. The first kappa shape index (κ1) is 12.9. The molecule has 0 aromatic heterocycles. The van der Waals surface area contributed by atoms with Crippen molar-refractivity contribution in [3.8, 4) is 0 Å². The first-order valence-electron chi connectivity index (χ1n) is 7.38. The molecule has 5 heteroatoms. The van der Waals surface area contributed by atoms with Gasteiger partial charge in [-0.3, -0.25) is 14.5 Å². The zero-order chi connectivity index (χ0) is 13.4. The summed E-state index contributed by atoms with van der Waals surface area (Å²) in [5.74, 6) is 0.432. The lowest BCUT2D eigenvalue weighted by Gasteiger charge is -2.42. The maximum atomic E-state index is 11.6. The van der Waals surface area contributed by atoms with E-state index in [1.165, 1.54) is 12.8 Å². The summed E-state index contributed by atoms with van der Waals surface area (Å²) in [6.45, 7) is 1.06. The molecule has 3 aliphatic rings. The Morgan fingerprint density at radius 2 is 1.84 bits per heavy atom. The van der Waals surface area contributed by atoms with E-state index >= 15 is 0 Å². The zero-order valence-electron chi connectivity index (χ0n) is 11.2. The number of hydrogen-bond acceptors (Lipinski definition) is 3. The maximum Gasteiger partial charge on any atom is 0.317 e. The normalized spacial score (nSPS) is 29.9. The number of carboxylic acids is 1. The van der Waals surface area contributed by atoms with Gasteiger partial charge in [-0.2, -0.15) is 0 Å². The Hall–Kier alpha value is -1.10. The Morgan fingerprint density at radius 3 is 2.37 bits per heavy atom. The van der Waals surface area contributed by atoms with Crippen LogP contribution in [0.2, 0.25) is 0 Å². The second-order valence-corrected chi connectivity index (χ2v) is 6.37. The monoisotopic (exact) mass is 266 g/mol. The number of nitrogens with zero attached hydrogens (tertiary/aromatic N) is 1. The van der Waals surface area contributed by atoms with E-state index in [0.29, 0.717) is 12.0 Å². The molecule has 19 heavy (non-hydrogen) atoms. The second kappa shape index (κ2) is 5.12. The number of carboxylic acid groups (broad SMARTS) is 1. The van der Waals surface area contributed by atoms with Crippen LogP contribution in [0.4, 0.5) is 0 Å². The topological polar surface area (TPSA) is 69.6 Å². The highest BCUT2D eigenvalue weighted by atomic mass is 16.4. The van der Waals surface area contributed by atoms with Crippen LogP contribution < -0.4 is 5.32 Å². The molecule has 0 atom stereocenters. The van der Waals surface area contributed by atoms with E-state index in [9.17, 15) is 9.59 Å². The standard InChI is InChI=1S/C14H22N2O3/c17-13(18)8-16(7-9-1-2-9)12-5-11(6-12)15-14(19)10-3-4-10/h9-12H,1-8H2,(H,15,19)(H,17,18). The molecule has 0 spiro atoms. The molecule has 0 heterocycles. The third kappa shape index (κ3) is 3.47. The minimum absolute atomic E-state index is 0.143. The predicted molar refractivity (Wildman–Crippen MR) is 69.6 cm³/mol. The van der Waals surface area contributed by atoms with Crippen molar-refractivity contribution in [3.63, 3.8) is 0 Å². The highest BCUT2D eigenvalue weighted by Crippen LogP contribution is 2.34. The highest BCUT2D eigenvalue weighted by molar-refractivity contribution is 5.81. The van der Waals surface area contributed by atoms with E-state index in [1.54, 1.807) is 0 Å². The van der Waals surface area contributed by atoms with Crippen molar-refractivity contribution in [2.24, 2.45) is 11.8 Å². The van der Waals surface area contributed by atoms with Crippen molar-refractivity contribution in [2.75, 3.05) is 13.1 Å². The molecular formula is C14H22N2O3. The predicted octanol–water partition coefficient (Wildman–Crippen LogP) is 0.840. The molecule has 0 aromatic rings. The van der Waals surface area contributed by atoms with E-state index in [-0.39, 0.29) is 24.4 Å². The third-order valence-corrected chi connectivity index (χ3v) is 4.45. The smallest absolute Gasteiger partial charge is 0.317 e. The Labute approximate surface area is 113 Å². The van der Waals surface area contributed by atoms with E-state index in [4.69, 9.17) is 5.11 Å². The van der Waals surface area contributed by atoms with Crippen LogP contribution in [0.1, 0.15) is 38.5 Å². The van der Waals surface area contributed by atoms with Crippen LogP contribution in [-0.4, -0.2) is 47.1 Å². The van der Waals surface area contributed by atoms with Crippen molar-refractivity contribution in [1.82, 2.24) is 10.2 Å². The van der Waals surface area contributed by atoms with Gasteiger partial charge in [0.15, 0.2) is 0 Å². The van der Waals surface area contributed by atoms with E-state index in [2.05, 4.69) is 10.2 Å². The molecule has 0 radical (unpaired) electrons. The van der Waals surface area contributed by atoms with Gasteiger partial charge in [-0.1, -0.05) is 0 Å². The molecule has 0 bridgehead atoms. The fourth-order valence-corrected chi connectivity index (χ4v) is 2.82. The summed E-state index contributed by atoms with van der Waals surface area (Å²) in [4.78, 5) is 24.6. The molecule has 2 N–H and O–H groups in total. The minimum atomic E-state index is -0.744. The SMILES string of the molecule is O=C(O)CN(CC1CC1)C1CC(NC(=O)C2CC2)C1. The van der Waals surface area contributed by atoms with Crippen LogP contribution in [0.5, 0.6) is 0 Å². The van der Waals surface area contributed by atoms with E-state index < -0.39 is 5.97 Å². The van der Waals surface area contributed by atoms with Crippen LogP contribution in [0, 0.1) is 11.8 Å². The average Bonchev–Trinajstić information content (AvgIpc) is 3.10. The summed E-state index contributed by atoms with van der Waals surface area (Å²) in [7, 11) is 0. The molecule has 1 amide bonds. The summed E-state index contributed by atoms with van der Waals surface area (Å²) in [6, 6.07) is 0.620. The van der Waals surface area contributed by atoms with Gasteiger partial charge in [-0.05, 0) is 44.4 Å². The van der Waals surface area contributed by atoms with Crippen LogP contribution >= 0.6 is 0 Å². The van der Waals surface area contributed by atoms with Gasteiger partial charge in [0, 0.05) is 24.5 Å². The van der Waals surface area contributed by atoms with Gasteiger partial charge >= 0.3 is 5.97 Å². The quantitative estimate of drug-likeness (QED) is 0.716. The summed E-state index contributed by atoms with van der Waals surface area (Å²) in [5, 5.41) is 12.0. The summed E-state index contributed by atoms with van der Waals surface area (Å²) < 4.78 is 0. The van der Waals surface area contributed by atoms with Gasteiger partial charge < -0.3 is 10.4 Å². The first-order valence-corrected chi connectivity index (χ1v) is 7.38. The lowest BCUT2D eigenvalue weighted by Crippen LogP contribution is -2.55. The molecule has 106 valence electrons. The number of amides is 1. The van der Waals surface area contributed by atoms with Crippen molar-refractivity contribution in [2.45, 2.75) is 50.6 Å². The fraction of sp³-hybridized carbons (Fsp3) is 0.857. The highest BCUT2D eigenvalue weighted by Gasteiger charge is 2.39. The van der Waals surface area contributed by atoms with Gasteiger partial charge in [-0.25, -0.2) is 0 Å². The largest absolute Gasteiger partial charge is 0.480 e. The van der Waals surface area contributed by atoms with Crippen molar-refractivity contribution >= 4 is 11.9 Å². The number of nitrogens with one attached hydrogen (secondary N) is 1. The Kier molecular flexibility index (Phi) is 3.48. The van der Waals surface area contributed by atoms with Gasteiger partial charge in [0.25, 0.3) is 0 Å². The zero-order valence-corrected chi connectivity index (χ0v) is 11.2. The summed E-state index contributed by atoms with van der Waals surface area (Å²) in [5.41, 5.74) is 0. The number of carbonyl (C=O) groups excluding carboxylic acids is 1. The third-order valence-electron chi connectivity index (χ3n) is 4.45. The van der Waals surface area contributed by atoms with E-state index in [0.717, 1.165) is 32.2 Å². The molecular weight excluding hydrogens is 244 g/mol. The number of carbonyl (C=O) groups is 2. The van der Waals surface area contributed by atoms with Crippen LogP contribution in [-0.2, 0) is 9.59 Å². The molecule has 0 unspecified atom stereocenters. The Bertz CT molecular complexity index is 371. The van der Waals surface area contributed by atoms with Gasteiger partial charge in [0.05, 0.1) is 6.54 Å². The van der Waals surface area contributed by atoms with Crippen LogP contribution in [0.15, 0.2) is 0 Å². The van der Waals surface area contributed by atoms with E-state index in [1.807, 2.05) is 0 Å². The Morgan fingerprint density at radius 1 is 1.16 bits per heavy atom. The lowest BCUT2D eigenvalue weighted by atomic mass is 9.85. The first-order chi connectivity index (χ1) is 9.11. The van der Waals surface area contributed by atoms with Crippen molar-refractivity contribution in [1.29, 1.82) is 0 Å². The molecule has 3 fully saturated rings. The molecule has 0 saturated heterocycles. The van der Waals surface area contributed by atoms with Gasteiger partial charge in [-0.15, -0.1) is 0 Å².